The molecule has 0 bridgehead atoms. The summed E-state index contributed by atoms with van der Waals surface area (Å²) in [7, 11) is 1.48. The summed E-state index contributed by atoms with van der Waals surface area (Å²) in [5.41, 5.74) is 0. The first-order valence-electron chi connectivity index (χ1n) is 1.71. The molecule has 1 N–H and O–H groups in total. The van der Waals surface area contributed by atoms with E-state index in [-0.39, 0.29) is 7.44 Å². The molecule has 0 fully saturated rings. The highest BCUT2D eigenvalue weighted by molar-refractivity contribution is 4.78. The van der Waals surface area contributed by atoms with E-state index in [1.165, 1.54) is 7.11 Å². The summed E-state index contributed by atoms with van der Waals surface area (Å²) in [4.78, 5) is 0. The fourth-order valence-electron chi connectivity index (χ4n) is 0.239. The molecule has 0 amide bonds. The Balaban J connectivity index is 0.000000490. The Hall–Kier alpha value is -1.13. The van der Waals surface area contributed by atoms with Gasteiger partial charge in [-0.15, -0.1) is 0 Å². The highest BCUT2D eigenvalue weighted by Crippen LogP contribution is 1.88. The number of hydrogen-bond donors (Lipinski definition) is 1. The predicted molar refractivity (Wildman–Crippen MR) is 22.8 cm³/mol. The van der Waals surface area contributed by atoms with E-state index in [2.05, 4.69) is 25.4 Å². The van der Waals surface area contributed by atoms with E-state index >= 15 is 0 Å². The zero-order valence-corrected chi connectivity index (χ0v) is 3.75. The maximum atomic E-state index is 4.54. The first kappa shape index (κ1) is 4.04. The second-order valence-corrected chi connectivity index (χ2v) is 0.899. The number of rotatable bonds is 1. The van der Waals surface area contributed by atoms with Gasteiger partial charge in [-0.2, -0.15) is 5.21 Å². The highest BCUT2D eigenvalue weighted by Gasteiger charge is 1.88. The van der Waals surface area contributed by atoms with Gasteiger partial charge in [0.2, 0.25) is 0 Å². The van der Waals surface area contributed by atoms with Crippen LogP contribution in [0.15, 0.2) is 0 Å². The molecular weight excluding hydrogens is 96.0 g/mol. The third-order valence-electron chi connectivity index (χ3n) is 0.508. The summed E-state index contributed by atoms with van der Waals surface area (Å²) in [6.07, 6.45) is 0. The van der Waals surface area contributed by atoms with Gasteiger partial charge in [-0.1, -0.05) is 10.2 Å². The van der Waals surface area contributed by atoms with Gasteiger partial charge in [0.15, 0.2) is 0 Å². The van der Waals surface area contributed by atoms with Gasteiger partial charge in [-0.05, 0) is 5.21 Å². The van der Waals surface area contributed by atoms with Gasteiger partial charge < -0.3 is 4.74 Å². The Morgan fingerprint density at radius 3 is 3.00 bits per heavy atom. The molecule has 0 aliphatic rings. The Morgan fingerprint density at radius 1 is 1.86 bits per heavy atom. The van der Waals surface area contributed by atoms with Crippen molar-refractivity contribution in [3.8, 4) is 6.01 Å². The van der Waals surface area contributed by atoms with Crippen LogP contribution in [0, 0.1) is 0 Å². The third-order valence-corrected chi connectivity index (χ3v) is 0.508. The molecule has 1 aromatic heterocycles. The minimum atomic E-state index is 0. The number of nitrogens with zero attached hydrogens (tertiary/aromatic N) is 3. The lowest BCUT2D eigenvalue weighted by Gasteiger charge is -1.80. The maximum Gasteiger partial charge on any atom is 0.355 e. The normalized spacial score (nSPS) is 8.71. The average Bonchev–Trinajstić information content (AvgIpc) is 2.14. The molecular formula is C2H6N4O. The van der Waals surface area contributed by atoms with E-state index in [1.54, 1.807) is 0 Å². The van der Waals surface area contributed by atoms with Crippen molar-refractivity contribution < 1.29 is 6.16 Å². The summed E-state index contributed by atoms with van der Waals surface area (Å²) < 4.78 is 4.54. The molecule has 1 aromatic rings. The van der Waals surface area contributed by atoms with Crippen molar-refractivity contribution in [2.75, 3.05) is 7.11 Å². The zero-order valence-electron chi connectivity index (χ0n) is 3.75. The van der Waals surface area contributed by atoms with Gasteiger partial charge in [0.25, 0.3) is 0 Å². The second kappa shape index (κ2) is 1.55. The molecule has 0 radical (unpaired) electrons. The van der Waals surface area contributed by atoms with E-state index in [0.717, 1.165) is 0 Å². The van der Waals surface area contributed by atoms with Crippen molar-refractivity contribution in [2.24, 2.45) is 0 Å². The molecule has 0 unspecified atom stereocenters. The van der Waals surface area contributed by atoms with Gasteiger partial charge in [0, 0.05) is 1.43 Å². The average molecular weight is 102 g/mol. The van der Waals surface area contributed by atoms with Gasteiger partial charge in [-0.3, -0.25) is 0 Å². The lowest BCUT2D eigenvalue weighted by Crippen LogP contribution is -1.82. The van der Waals surface area contributed by atoms with Gasteiger partial charge in [0.05, 0.1) is 7.11 Å². The summed E-state index contributed by atoms with van der Waals surface area (Å²) in [5.74, 6) is 0. The van der Waals surface area contributed by atoms with E-state index in [0.29, 0.717) is 0 Å². The molecule has 7 heavy (non-hydrogen) atoms. The van der Waals surface area contributed by atoms with Crippen LogP contribution in [0.25, 0.3) is 0 Å². The van der Waals surface area contributed by atoms with Crippen LogP contribution in [0.3, 0.4) is 0 Å². The molecule has 0 atom stereocenters. The molecule has 5 heteroatoms. The Labute approximate surface area is 41.2 Å². The number of H-pyrrole nitrogens is 1. The quantitative estimate of drug-likeness (QED) is 0.517. The van der Waals surface area contributed by atoms with Crippen molar-refractivity contribution in [1.29, 1.82) is 0 Å². The first-order chi connectivity index (χ1) is 3.43. The van der Waals surface area contributed by atoms with Crippen LogP contribution in [0.4, 0.5) is 0 Å². The van der Waals surface area contributed by atoms with Crippen molar-refractivity contribution in [3.05, 3.63) is 0 Å². The van der Waals surface area contributed by atoms with E-state index in [9.17, 15) is 0 Å². The SMILES string of the molecule is COc1nn[nH]n1.[HH]. The molecule has 0 spiro atoms. The fourth-order valence-corrected chi connectivity index (χ4v) is 0.239. The maximum absolute atomic E-state index is 4.54. The second-order valence-electron chi connectivity index (χ2n) is 0.899. The molecule has 0 saturated carbocycles. The number of aromatic nitrogens is 4. The smallest absolute Gasteiger partial charge is 0.355 e. The molecule has 1 rings (SSSR count). The van der Waals surface area contributed by atoms with Crippen LogP contribution in [0.2, 0.25) is 0 Å². The number of tetrazole rings is 1. The first-order valence-corrected chi connectivity index (χ1v) is 1.71. The van der Waals surface area contributed by atoms with Crippen LogP contribution in [0.5, 0.6) is 6.01 Å². The molecule has 40 valence electrons. The highest BCUT2D eigenvalue weighted by atomic mass is 16.5. The Morgan fingerprint density at radius 2 is 2.71 bits per heavy atom. The largest absolute Gasteiger partial charge is 0.465 e. The standard InChI is InChI=1S/C2H4N4O.H2/c1-7-2-3-5-6-4-2;/h1H3,(H,3,4,5,6);1H. The summed E-state index contributed by atoms with van der Waals surface area (Å²) in [5, 5.41) is 12.4. The van der Waals surface area contributed by atoms with Crippen molar-refractivity contribution in [1.82, 2.24) is 20.6 Å². The summed E-state index contributed by atoms with van der Waals surface area (Å²) in [6, 6.07) is 0.264. The van der Waals surface area contributed by atoms with E-state index in [1.807, 2.05) is 0 Å². The number of nitrogens with one attached hydrogen (secondary N) is 1. The zero-order chi connectivity index (χ0) is 5.11. The topological polar surface area (TPSA) is 63.7 Å². The Kier molecular flexibility index (Phi) is 0.892. The number of ether oxygens (including phenoxy) is 1. The lowest BCUT2D eigenvalue weighted by atomic mass is 11.2. The molecule has 1 heterocycles. The van der Waals surface area contributed by atoms with Crippen LogP contribution in [0.1, 0.15) is 1.43 Å². The summed E-state index contributed by atoms with van der Waals surface area (Å²) in [6.45, 7) is 0. The molecule has 0 aliphatic carbocycles. The van der Waals surface area contributed by atoms with Crippen molar-refractivity contribution in [3.63, 3.8) is 0 Å². The van der Waals surface area contributed by atoms with E-state index < -0.39 is 0 Å². The van der Waals surface area contributed by atoms with Crippen molar-refractivity contribution >= 4 is 0 Å². The van der Waals surface area contributed by atoms with E-state index in [4.69, 9.17) is 0 Å². The Bertz CT molecular complexity index is 129. The fraction of sp³-hybridized carbons (Fsp3) is 0.500. The van der Waals surface area contributed by atoms with Crippen LogP contribution < -0.4 is 4.74 Å². The van der Waals surface area contributed by atoms with Crippen LogP contribution in [-0.2, 0) is 0 Å². The molecule has 5 nitrogen and oxygen atoms in total. The molecule has 0 aliphatic heterocycles. The van der Waals surface area contributed by atoms with Crippen molar-refractivity contribution in [2.45, 2.75) is 0 Å². The molecule has 0 saturated heterocycles. The van der Waals surface area contributed by atoms with Gasteiger partial charge in [-0.25, -0.2) is 0 Å². The lowest BCUT2D eigenvalue weighted by molar-refractivity contribution is 0.380. The van der Waals surface area contributed by atoms with Gasteiger partial charge >= 0.3 is 6.01 Å². The summed E-state index contributed by atoms with van der Waals surface area (Å²) >= 11 is 0. The van der Waals surface area contributed by atoms with Gasteiger partial charge in [0.1, 0.15) is 0 Å². The minimum absolute atomic E-state index is 0. The minimum Gasteiger partial charge on any atom is -0.465 e. The third kappa shape index (κ3) is 0.648. The number of aromatic amines is 1. The molecule has 0 aromatic carbocycles. The van der Waals surface area contributed by atoms with Crippen LogP contribution >= 0.6 is 0 Å². The number of hydrogen-bond acceptors (Lipinski definition) is 4. The monoisotopic (exact) mass is 102 g/mol. The predicted octanol–water partition coefficient (Wildman–Crippen LogP) is -0.546. The number of methoxy groups -OCH3 is 1. The van der Waals surface area contributed by atoms with Crippen LogP contribution in [-0.4, -0.2) is 27.7 Å².